The Morgan fingerprint density at radius 2 is 1.90 bits per heavy atom. The Kier molecular flexibility index (Phi) is 3.68. The van der Waals surface area contributed by atoms with E-state index in [2.05, 4.69) is 26.0 Å². The summed E-state index contributed by atoms with van der Waals surface area (Å²) in [5, 5.41) is 0. The van der Waals surface area contributed by atoms with Crippen LogP contribution in [0.25, 0.3) is 0 Å². The van der Waals surface area contributed by atoms with Gasteiger partial charge in [0.2, 0.25) is 5.91 Å². The van der Waals surface area contributed by atoms with Crippen molar-refractivity contribution in [2.75, 3.05) is 19.7 Å². The van der Waals surface area contributed by atoms with Gasteiger partial charge in [-0.25, -0.2) is 0 Å². The first kappa shape index (κ1) is 13.5. The summed E-state index contributed by atoms with van der Waals surface area (Å²) in [5.74, 6) is 2.93. The first-order valence-corrected chi connectivity index (χ1v) is 7.62. The molecule has 0 bridgehead atoms. The summed E-state index contributed by atoms with van der Waals surface area (Å²) >= 11 is 0. The number of para-hydroxylation sites is 1. The van der Waals surface area contributed by atoms with Gasteiger partial charge in [-0.1, -0.05) is 18.2 Å². The van der Waals surface area contributed by atoms with Crippen LogP contribution in [0, 0.1) is 25.7 Å². The van der Waals surface area contributed by atoms with E-state index in [0.29, 0.717) is 18.9 Å². The predicted molar refractivity (Wildman–Crippen MR) is 78.8 cm³/mol. The van der Waals surface area contributed by atoms with Crippen LogP contribution in [0.15, 0.2) is 18.2 Å². The lowest BCUT2D eigenvalue weighted by molar-refractivity contribution is -0.130. The van der Waals surface area contributed by atoms with Gasteiger partial charge < -0.3 is 9.64 Å². The van der Waals surface area contributed by atoms with E-state index in [-0.39, 0.29) is 0 Å². The minimum Gasteiger partial charge on any atom is -0.493 e. The Morgan fingerprint density at radius 3 is 2.55 bits per heavy atom. The predicted octanol–water partition coefficient (Wildman–Crippen LogP) is 2.94. The van der Waals surface area contributed by atoms with Crippen LogP contribution in [-0.2, 0) is 4.79 Å². The average molecular weight is 273 g/mol. The average Bonchev–Trinajstić information content (AvgIpc) is 3.03. The Hall–Kier alpha value is -1.51. The van der Waals surface area contributed by atoms with E-state index < -0.39 is 0 Å². The molecule has 1 saturated heterocycles. The number of aryl methyl sites for hydroxylation is 2. The standard InChI is InChI=1S/C17H23NO2/c1-12-5-3-6-13(2)17(12)20-8-4-7-16(19)18-10-14-9-15(14)11-18/h3,5-6,14-15H,4,7-11H2,1-2H3. The van der Waals surface area contributed by atoms with Gasteiger partial charge in [0.1, 0.15) is 5.75 Å². The molecule has 1 saturated carbocycles. The number of hydrogen-bond acceptors (Lipinski definition) is 2. The van der Waals surface area contributed by atoms with Crippen molar-refractivity contribution in [2.45, 2.75) is 33.1 Å². The largest absolute Gasteiger partial charge is 0.493 e. The van der Waals surface area contributed by atoms with Gasteiger partial charge in [0.05, 0.1) is 6.61 Å². The van der Waals surface area contributed by atoms with Gasteiger partial charge in [0.15, 0.2) is 0 Å². The second-order valence-electron chi connectivity index (χ2n) is 6.23. The van der Waals surface area contributed by atoms with E-state index in [0.717, 1.165) is 48.2 Å². The molecule has 2 atom stereocenters. The fraction of sp³-hybridized carbons (Fsp3) is 0.588. The van der Waals surface area contributed by atoms with Crippen molar-refractivity contribution in [3.05, 3.63) is 29.3 Å². The fourth-order valence-electron chi connectivity index (χ4n) is 3.18. The molecule has 2 unspecified atom stereocenters. The normalized spacial score (nSPS) is 23.6. The third-order valence-electron chi connectivity index (χ3n) is 4.52. The van der Waals surface area contributed by atoms with Gasteiger partial charge in [0.25, 0.3) is 0 Å². The zero-order valence-electron chi connectivity index (χ0n) is 12.4. The van der Waals surface area contributed by atoms with Crippen molar-refractivity contribution >= 4 is 5.91 Å². The highest BCUT2D eigenvalue weighted by atomic mass is 16.5. The van der Waals surface area contributed by atoms with Gasteiger partial charge in [-0.3, -0.25) is 4.79 Å². The number of carbonyl (C=O) groups excluding carboxylic acids is 1. The number of amides is 1. The van der Waals surface area contributed by atoms with Crippen LogP contribution in [0.2, 0.25) is 0 Å². The molecule has 1 aromatic rings. The summed E-state index contributed by atoms with van der Waals surface area (Å²) in [5.41, 5.74) is 2.33. The summed E-state index contributed by atoms with van der Waals surface area (Å²) in [6.07, 6.45) is 2.77. The number of fused-ring (bicyclic) bond motifs is 1. The molecule has 0 radical (unpaired) electrons. The van der Waals surface area contributed by atoms with Gasteiger partial charge in [-0.2, -0.15) is 0 Å². The Labute approximate surface area is 120 Å². The van der Waals surface area contributed by atoms with Crippen LogP contribution in [0.5, 0.6) is 5.75 Å². The molecule has 2 aliphatic rings. The third-order valence-corrected chi connectivity index (χ3v) is 4.52. The number of rotatable bonds is 5. The fourth-order valence-corrected chi connectivity index (χ4v) is 3.18. The maximum atomic E-state index is 12.0. The van der Waals surface area contributed by atoms with Crippen LogP contribution < -0.4 is 4.74 Å². The molecule has 0 aromatic heterocycles. The SMILES string of the molecule is Cc1cccc(C)c1OCCCC(=O)N1CC2CC2C1. The number of carbonyl (C=O) groups is 1. The van der Waals surface area contributed by atoms with Crippen molar-refractivity contribution < 1.29 is 9.53 Å². The van der Waals surface area contributed by atoms with Crippen LogP contribution in [0.1, 0.15) is 30.4 Å². The first-order valence-electron chi connectivity index (χ1n) is 7.62. The molecule has 1 aliphatic heterocycles. The molecular formula is C17H23NO2. The van der Waals surface area contributed by atoms with E-state index in [4.69, 9.17) is 4.74 Å². The molecule has 1 aromatic carbocycles. The molecule has 0 N–H and O–H groups in total. The molecule has 20 heavy (non-hydrogen) atoms. The van der Waals surface area contributed by atoms with E-state index in [1.807, 2.05) is 11.0 Å². The number of likely N-dealkylation sites (tertiary alicyclic amines) is 1. The van der Waals surface area contributed by atoms with Crippen molar-refractivity contribution in [2.24, 2.45) is 11.8 Å². The smallest absolute Gasteiger partial charge is 0.222 e. The molecular weight excluding hydrogens is 250 g/mol. The highest BCUT2D eigenvalue weighted by Crippen LogP contribution is 2.44. The van der Waals surface area contributed by atoms with Crippen LogP contribution in [-0.4, -0.2) is 30.5 Å². The molecule has 2 fully saturated rings. The highest BCUT2D eigenvalue weighted by Gasteiger charge is 2.46. The molecule has 3 nitrogen and oxygen atoms in total. The number of benzene rings is 1. The van der Waals surface area contributed by atoms with Crippen molar-refractivity contribution in [1.29, 1.82) is 0 Å². The second-order valence-corrected chi connectivity index (χ2v) is 6.23. The van der Waals surface area contributed by atoms with Gasteiger partial charge in [-0.05, 0) is 49.7 Å². The molecule has 1 aliphatic carbocycles. The van der Waals surface area contributed by atoms with E-state index in [1.54, 1.807) is 0 Å². The maximum Gasteiger partial charge on any atom is 0.222 e. The first-order chi connectivity index (χ1) is 9.65. The van der Waals surface area contributed by atoms with Gasteiger partial charge >= 0.3 is 0 Å². The molecule has 0 spiro atoms. The summed E-state index contributed by atoms with van der Waals surface area (Å²) in [4.78, 5) is 14.1. The Morgan fingerprint density at radius 1 is 1.25 bits per heavy atom. The summed E-state index contributed by atoms with van der Waals surface area (Å²) in [7, 11) is 0. The van der Waals surface area contributed by atoms with E-state index in [9.17, 15) is 4.79 Å². The third kappa shape index (κ3) is 2.82. The summed E-state index contributed by atoms with van der Waals surface area (Å²) in [6.45, 7) is 6.74. The molecule has 1 heterocycles. The van der Waals surface area contributed by atoms with Crippen molar-refractivity contribution in [1.82, 2.24) is 4.90 Å². The minimum absolute atomic E-state index is 0.308. The van der Waals surface area contributed by atoms with Crippen LogP contribution >= 0.6 is 0 Å². The zero-order valence-corrected chi connectivity index (χ0v) is 12.4. The molecule has 1 amide bonds. The molecule has 3 rings (SSSR count). The van der Waals surface area contributed by atoms with Gasteiger partial charge in [0, 0.05) is 19.5 Å². The molecule has 108 valence electrons. The van der Waals surface area contributed by atoms with Crippen molar-refractivity contribution in [3.8, 4) is 5.75 Å². The topological polar surface area (TPSA) is 29.5 Å². The highest BCUT2D eigenvalue weighted by molar-refractivity contribution is 5.76. The van der Waals surface area contributed by atoms with Crippen molar-refractivity contribution in [3.63, 3.8) is 0 Å². The lowest BCUT2D eigenvalue weighted by Crippen LogP contribution is -2.30. The number of piperidine rings is 1. The van der Waals surface area contributed by atoms with E-state index in [1.165, 1.54) is 6.42 Å². The number of ether oxygens (including phenoxy) is 1. The van der Waals surface area contributed by atoms with Crippen LogP contribution in [0.4, 0.5) is 0 Å². The number of nitrogens with zero attached hydrogens (tertiary/aromatic N) is 1. The zero-order chi connectivity index (χ0) is 14.1. The minimum atomic E-state index is 0.308. The Balaban J connectivity index is 1.40. The summed E-state index contributed by atoms with van der Waals surface area (Å²) < 4.78 is 5.84. The van der Waals surface area contributed by atoms with Gasteiger partial charge in [-0.15, -0.1) is 0 Å². The Bertz CT molecular complexity index is 481. The monoisotopic (exact) mass is 273 g/mol. The quantitative estimate of drug-likeness (QED) is 0.772. The lowest BCUT2D eigenvalue weighted by Gasteiger charge is -2.18. The second kappa shape index (κ2) is 5.47. The van der Waals surface area contributed by atoms with Crippen LogP contribution in [0.3, 0.4) is 0 Å². The number of hydrogen-bond donors (Lipinski definition) is 0. The maximum absolute atomic E-state index is 12.0. The molecule has 3 heteroatoms. The lowest BCUT2D eigenvalue weighted by atomic mass is 10.1. The summed E-state index contributed by atoms with van der Waals surface area (Å²) in [6, 6.07) is 6.16. The van der Waals surface area contributed by atoms with E-state index >= 15 is 0 Å².